The molecule has 2 aromatic carbocycles. The van der Waals surface area contributed by atoms with Gasteiger partial charge in [0.05, 0.1) is 0 Å². The Labute approximate surface area is 146 Å². The van der Waals surface area contributed by atoms with Crippen LogP contribution in [-0.2, 0) is 0 Å². The molecule has 1 unspecified atom stereocenters. The van der Waals surface area contributed by atoms with Gasteiger partial charge < -0.3 is 10.2 Å². The van der Waals surface area contributed by atoms with Gasteiger partial charge in [0.1, 0.15) is 11.5 Å². The number of hydrogen-bond donors (Lipinski definition) is 2. The highest BCUT2D eigenvalue weighted by Gasteiger charge is 2.14. The first-order valence-corrected chi connectivity index (χ1v) is 8.56. The van der Waals surface area contributed by atoms with Crippen LogP contribution in [0.3, 0.4) is 0 Å². The number of rotatable bonds is 4. The number of hydrogen-bond acceptors (Lipinski definition) is 4. The van der Waals surface area contributed by atoms with Gasteiger partial charge in [0, 0.05) is 33.7 Å². The van der Waals surface area contributed by atoms with Crippen LogP contribution in [0.15, 0.2) is 70.7 Å². The van der Waals surface area contributed by atoms with Crippen molar-refractivity contribution in [3.8, 4) is 11.5 Å². The zero-order valence-electron chi connectivity index (χ0n) is 13.6. The molecule has 3 aromatic rings. The van der Waals surface area contributed by atoms with Crippen molar-refractivity contribution in [2.45, 2.75) is 29.6 Å². The lowest BCUT2D eigenvalue weighted by molar-refractivity contribution is 0.465. The molecule has 0 saturated carbocycles. The third kappa shape index (κ3) is 3.54. The first-order chi connectivity index (χ1) is 11.5. The number of aryl methyl sites for hydroxylation is 1. The maximum Gasteiger partial charge on any atom is 0.119 e. The molecule has 4 heteroatoms. The van der Waals surface area contributed by atoms with Crippen LogP contribution in [0.5, 0.6) is 11.5 Å². The number of aromatic hydroxyl groups is 2. The van der Waals surface area contributed by atoms with E-state index in [4.69, 9.17) is 0 Å². The van der Waals surface area contributed by atoms with Gasteiger partial charge in [-0.25, -0.2) is 0 Å². The Morgan fingerprint density at radius 3 is 2.17 bits per heavy atom. The summed E-state index contributed by atoms with van der Waals surface area (Å²) in [5, 5.41) is 19.9. The SMILES string of the molecule is Cc1cc(Sc2ccc(O)c(C(C)c3ccncc3)c2)ccc1O. The second-order valence-corrected chi connectivity index (χ2v) is 6.92. The van der Waals surface area contributed by atoms with Crippen LogP contribution in [0.25, 0.3) is 0 Å². The van der Waals surface area contributed by atoms with Gasteiger partial charge in [-0.2, -0.15) is 0 Å². The smallest absolute Gasteiger partial charge is 0.119 e. The van der Waals surface area contributed by atoms with Gasteiger partial charge >= 0.3 is 0 Å². The molecular formula is C20H19NO2S. The molecule has 0 amide bonds. The fourth-order valence-corrected chi connectivity index (χ4v) is 3.57. The van der Waals surface area contributed by atoms with Crippen LogP contribution in [-0.4, -0.2) is 15.2 Å². The number of benzene rings is 2. The summed E-state index contributed by atoms with van der Waals surface area (Å²) in [7, 11) is 0. The topological polar surface area (TPSA) is 53.4 Å². The molecule has 2 N–H and O–H groups in total. The van der Waals surface area contributed by atoms with E-state index in [-0.39, 0.29) is 5.92 Å². The van der Waals surface area contributed by atoms with Gasteiger partial charge in [0.2, 0.25) is 0 Å². The molecule has 0 spiro atoms. The maximum absolute atomic E-state index is 10.3. The monoisotopic (exact) mass is 337 g/mol. The van der Waals surface area contributed by atoms with Crippen molar-refractivity contribution in [2.75, 3.05) is 0 Å². The average Bonchev–Trinajstić information content (AvgIpc) is 2.60. The number of phenols is 2. The summed E-state index contributed by atoms with van der Waals surface area (Å²) >= 11 is 1.61. The largest absolute Gasteiger partial charge is 0.508 e. The highest BCUT2D eigenvalue weighted by atomic mass is 32.2. The second-order valence-electron chi connectivity index (χ2n) is 5.77. The van der Waals surface area contributed by atoms with Crippen molar-refractivity contribution in [1.82, 2.24) is 4.98 Å². The van der Waals surface area contributed by atoms with E-state index in [2.05, 4.69) is 11.9 Å². The molecule has 3 nitrogen and oxygen atoms in total. The lowest BCUT2D eigenvalue weighted by Crippen LogP contribution is -1.97. The Kier molecular flexibility index (Phi) is 4.76. The van der Waals surface area contributed by atoms with E-state index < -0.39 is 0 Å². The van der Waals surface area contributed by atoms with Gasteiger partial charge in [0.25, 0.3) is 0 Å². The van der Waals surface area contributed by atoms with E-state index in [1.807, 2.05) is 43.3 Å². The molecule has 0 aliphatic heterocycles. The quantitative estimate of drug-likeness (QED) is 0.695. The first kappa shape index (κ1) is 16.4. The van der Waals surface area contributed by atoms with Crippen LogP contribution in [0, 0.1) is 6.92 Å². The Balaban J connectivity index is 1.90. The summed E-state index contributed by atoms with van der Waals surface area (Å²) in [6.45, 7) is 3.96. The van der Waals surface area contributed by atoms with Gasteiger partial charge in [-0.15, -0.1) is 0 Å². The normalized spacial score (nSPS) is 12.1. The van der Waals surface area contributed by atoms with Crippen LogP contribution in [0.4, 0.5) is 0 Å². The lowest BCUT2D eigenvalue weighted by atomic mass is 9.93. The highest BCUT2D eigenvalue weighted by Crippen LogP contribution is 2.37. The van der Waals surface area contributed by atoms with Crippen LogP contribution >= 0.6 is 11.8 Å². The molecule has 3 rings (SSSR count). The summed E-state index contributed by atoms with van der Waals surface area (Å²) < 4.78 is 0. The van der Waals surface area contributed by atoms with Crippen molar-refractivity contribution in [1.29, 1.82) is 0 Å². The number of pyridine rings is 1. The van der Waals surface area contributed by atoms with Crippen molar-refractivity contribution < 1.29 is 10.2 Å². The minimum atomic E-state index is 0.0788. The van der Waals surface area contributed by atoms with Crippen molar-refractivity contribution in [2.24, 2.45) is 0 Å². The van der Waals surface area contributed by atoms with Crippen molar-refractivity contribution in [3.05, 3.63) is 77.6 Å². The first-order valence-electron chi connectivity index (χ1n) is 7.75. The van der Waals surface area contributed by atoms with E-state index >= 15 is 0 Å². The Morgan fingerprint density at radius 2 is 1.50 bits per heavy atom. The molecule has 24 heavy (non-hydrogen) atoms. The molecule has 1 heterocycles. The Hall–Kier alpha value is -2.46. The lowest BCUT2D eigenvalue weighted by Gasteiger charge is -2.15. The fraction of sp³-hybridized carbons (Fsp3) is 0.150. The number of phenolic OH excluding ortho intramolecular Hbond substituents is 2. The average molecular weight is 337 g/mol. The van der Waals surface area contributed by atoms with Gasteiger partial charge in [0.15, 0.2) is 0 Å². The summed E-state index contributed by atoms with van der Waals surface area (Å²) in [6, 6.07) is 15.2. The van der Waals surface area contributed by atoms with E-state index in [1.165, 1.54) is 0 Å². The molecule has 0 fully saturated rings. The van der Waals surface area contributed by atoms with Gasteiger partial charge in [-0.3, -0.25) is 4.98 Å². The van der Waals surface area contributed by atoms with E-state index in [1.54, 1.807) is 36.3 Å². The highest BCUT2D eigenvalue weighted by molar-refractivity contribution is 7.99. The number of nitrogens with zero attached hydrogens (tertiary/aromatic N) is 1. The number of aromatic nitrogens is 1. The zero-order chi connectivity index (χ0) is 17.1. The minimum Gasteiger partial charge on any atom is -0.508 e. The summed E-state index contributed by atoms with van der Waals surface area (Å²) in [5.41, 5.74) is 2.86. The molecule has 0 bridgehead atoms. The van der Waals surface area contributed by atoms with E-state index in [0.717, 1.165) is 26.5 Å². The summed E-state index contributed by atoms with van der Waals surface area (Å²) in [6.07, 6.45) is 3.53. The predicted octanol–water partition coefficient (Wildman–Crippen LogP) is 5.10. The van der Waals surface area contributed by atoms with Gasteiger partial charge in [-0.1, -0.05) is 18.7 Å². The fourth-order valence-electron chi connectivity index (χ4n) is 2.60. The third-order valence-electron chi connectivity index (χ3n) is 4.08. The molecule has 1 atom stereocenters. The van der Waals surface area contributed by atoms with Crippen LogP contribution in [0.2, 0.25) is 0 Å². The maximum atomic E-state index is 10.3. The third-order valence-corrected chi connectivity index (χ3v) is 5.05. The Morgan fingerprint density at radius 1 is 0.875 bits per heavy atom. The predicted molar refractivity (Wildman–Crippen MR) is 96.8 cm³/mol. The van der Waals surface area contributed by atoms with Gasteiger partial charge in [-0.05, 0) is 66.6 Å². The zero-order valence-corrected chi connectivity index (χ0v) is 14.4. The minimum absolute atomic E-state index is 0.0788. The van der Waals surface area contributed by atoms with E-state index in [0.29, 0.717) is 11.5 Å². The standard InChI is InChI=1S/C20H19NO2S/c1-13-11-16(3-5-19(13)22)24-17-4-6-20(23)18(12-17)14(2)15-7-9-21-10-8-15/h3-12,14,22-23H,1-2H3. The van der Waals surface area contributed by atoms with Crippen LogP contribution < -0.4 is 0 Å². The molecule has 122 valence electrons. The van der Waals surface area contributed by atoms with E-state index in [9.17, 15) is 10.2 Å². The van der Waals surface area contributed by atoms with Crippen LogP contribution in [0.1, 0.15) is 29.5 Å². The summed E-state index contributed by atoms with van der Waals surface area (Å²) in [5.74, 6) is 0.678. The van der Waals surface area contributed by atoms with Crippen molar-refractivity contribution in [3.63, 3.8) is 0 Å². The molecule has 1 aromatic heterocycles. The molecule has 0 saturated heterocycles. The van der Waals surface area contributed by atoms with Crippen molar-refractivity contribution >= 4 is 11.8 Å². The second kappa shape index (κ2) is 6.97. The molecule has 0 radical (unpaired) electrons. The summed E-state index contributed by atoms with van der Waals surface area (Å²) in [4.78, 5) is 6.15. The Bertz CT molecular complexity index is 850. The molecular weight excluding hydrogens is 318 g/mol. The molecule has 0 aliphatic carbocycles. The molecule has 0 aliphatic rings.